The van der Waals surface area contributed by atoms with Crippen LogP contribution < -0.4 is 5.11 Å². The summed E-state index contributed by atoms with van der Waals surface area (Å²) in [6.07, 6.45) is -0.527. The molecular weight excluding hydrogens is 358 g/mol. The molecule has 0 aliphatic carbocycles. The van der Waals surface area contributed by atoms with Gasteiger partial charge in [-0.3, -0.25) is 4.99 Å². The van der Waals surface area contributed by atoms with Gasteiger partial charge in [-0.15, -0.1) is 24.0 Å². The van der Waals surface area contributed by atoms with Gasteiger partial charge < -0.3 is 9.84 Å². The van der Waals surface area contributed by atoms with Gasteiger partial charge in [0.15, 0.2) is 0 Å². The molecule has 0 amide bonds. The second kappa shape index (κ2) is 8.74. The van der Waals surface area contributed by atoms with E-state index in [2.05, 4.69) is 11.9 Å². The van der Waals surface area contributed by atoms with Crippen LogP contribution in [-0.4, -0.2) is 17.7 Å². The van der Waals surface area contributed by atoms with E-state index in [9.17, 15) is 5.11 Å². The molecule has 0 unspecified atom stereocenters. The molecule has 0 aromatic carbocycles. The molecule has 0 aromatic heterocycles. The molecule has 0 aromatic rings. The fourth-order valence-electron chi connectivity index (χ4n) is 0.573. The Balaban J connectivity index is -0.000000720. The van der Waals surface area contributed by atoms with Gasteiger partial charge in [0, 0.05) is 25.1 Å². The van der Waals surface area contributed by atoms with E-state index in [-0.39, 0.29) is 55.4 Å². The van der Waals surface area contributed by atoms with Crippen molar-refractivity contribution in [1.82, 2.24) is 0 Å². The van der Waals surface area contributed by atoms with Gasteiger partial charge >= 0.3 is 0 Å². The molecule has 3 nitrogen and oxygen atoms in total. The predicted molar refractivity (Wildman–Crippen MR) is 67.7 cm³/mol. The van der Waals surface area contributed by atoms with Crippen LogP contribution in [0, 0.1) is 12.8 Å². The molecule has 0 saturated heterocycles. The quantitative estimate of drug-likeness (QED) is 0.319. The SMILES string of the molecule is I.[CH2][C@@H](N=C([O-])OC(C)(C)C)C(C)C.[Zn]. The average molecular weight is 379 g/mol. The molecule has 87 valence electrons. The van der Waals surface area contributed by atoms with Crippen LogP contribution in [0.2, 0.25) is 0 Å². The van der Waals surface area contributed by atoms with Crippen molar-refractivity contribution in [3.8, 4) is 0 Å². The van der Waals surface area contributed by atoms with Crippen molar-refractivity contribution in [1.29, 1.82) is 0 Å². The molecule has 0 rings (SSSR count). The van der Waals surface area contributed by atoms with E-state index in [0.717, 1.165) is 0 Å². The number of aliphatic imine (C=N–C) groups is 1. The number of hydrogen-bond donors (Lipinski definition) is 0. The van der Waals surface area contributed by atoms with Crippen LogP contribution in [0.5, 0.6) is 0 Å². The van der Waals surface area contributed by atoms with Crippen LogP contribution in [0.1, 0.15) is 34.6 Å². The van der Waals surface area contributed by atoms with Crippen LogP contribution in [0.15, 0.2) is 4.99 Å². The molecule has 5 heteroatoms. The van der Waals surface area contributed by atoms with Gasteiger partial charge in [-0.2, -0.15) is 0 Å². The van der Waals surface area contributed by atoms with Gasteiger partial charge in [-0.25, -0.2) is 0 Å². The van der Waals surface area contributed by atoms with E-state index in [1.807, 2.05) is 34.6 Å². The monoisotopic (exact) mass is 377 g/mol. The number of rotatable bonds is 2. The van der Waals surface area contributed by atoms with E-state index < -0.39 is 11.7 Å². The Morgan fingerprint density at radius 2 is 1.73 bits per heavy atom. The van der Waals surface area contributed by atoms with Crippen LogP contribution >= 0.6 is 24.0 Å². The van der Waals surface area contributed by atoms with Crippen molar-refractivity contribution in [3.05, 3.63) is 6.92 Å². The summed E-state index contributed by atoms with van der Waals surface area (Å²) in [5.41, 5.74) is -0.475. The largest absolute Gasteiger partial charge is 0.595 e. The summed E-state index contributed by atoms with van der Waals surface area (Å²) < 4.78 is 5.01. The number of halogens is 1. The van der Waals surface area contributed by atoms with E-state index in [1.54, 1.807) is 0 Å². The van der Waals surface area contributed by atoms with Gasteiger partial charge in [0.05, 0.1) is 6.04 Å². The fourth-order valence-corrected chi connectivity index (χ4v) is 0.573. The first kappa shape index (κ1) is 21.0. The normalized spacial score (nSPS) is 13.9. The van der Waals surface area contributed by atoms with E-state index >= 15 is 0 Å². The number of hydrogen-bond acceptors (Lipinski definition) is 3. The Labute approximate surface area is 123 Å². The van der Waals surface area contributed by atoms with Crippen molar-refractivity contribution in [2.75, 3.05) is 0 Å². The van der Waals surface area contributed by atoms with Crippen LogP contribution in [0.4, 0.5) is 0 Å². The summed E-state index contributed by atoms with van der Waals surface area (Å²) in [7, 11) is 0. The van der Waals surface area contributed by atoms with Gasteiger partial charge in [-0.1, -0.05) is 34.6 Å². The van der Waals surface area contributed by atoms with Crippen molar-refractivity contribution >= 4 is 30.1 Å². The Morgan fingerprint density at radius 3 is 2.00 bits per heavy atom. The maximum Gasteiger partial charge on any atom is 0.146 e. The van der Waals surface area contributed by atoms with Crippen LogP contribution in [-0.2, 0) is 24.2 Å². The Kier molecular flexibility index (Phi) is 12.2. The first-order valence-corrected chi connectivity index (χ1v) is 4.49. The van der Waals surface area contributed by atoms with Crippen molar-refractivity contribution in [2.24, 2.45) is 10.9 Å². The molecule has 0 saturated carbocycles. The summed E-state index contributed by atoms with van der Waals surface area (Å²) >= 11 is 0. The second-order valence-corrected chi connectivity index (χ2v) is 4.42. The first-order chi connectivity index (χ1) is 5.72. The molecule has 0 bridgehead atoms. The summed E-state index contributed by atoms with van der Waals surface area (Å²) in [6.45, 7) is 13.1. The zero-order valence-electron chi connectivity index (χ0n) is 10.2. The molecule has 0 N–H and O–H groups in total. The molecule has 0 aliphatic heterocycles. The fraction of sp³-hybridized carbons (Fsp3) is 0.800. The second-order valence-electron chi connectivity index (χ2n) is 4.42. The maximum absolute atomic E-state index is 11.1. The third kappa shape index (κ3) is 12.6. The van der Waals surface area contributed by atoms with Crippen LogP contribution in [0.3, 0.4) is 0 Å². The van der Waals surface area contributed by atoms with Gasteiger partial charge in [0.1, 0.15) is 6.08 Å². The molecule has 1 radical (unpaired) electrons. The van der Waals surface area contributed by atoms with Crippen molar-refractivity contribution < 1.29 is 29.3 Å². The van der Waals surface area contributed by atoms with E-state index in [1.165, 1.54) is 0 Å². The third-order valence-electron chi connectivity index (χ3n) is 1.43. The Morgan fingerprint density at radius 1 is 1.33 bits per heavy atom. The minimum absolute atomic E-state index is 0. The number of nitrogens with zero attached hydrogens (tertiary/aromatic N) is 1. The minimum Gasteiger partial charge on any atom is -0.595 e. The smallest absolute Gasteiger partial charge is 0.146 e. The van der Waals surface area contributed by atoms with E-state index in [0.29, 0.717) is 0 Å². The maximum atomic E-state index is 11.1. The Hall–Kier alpha value is 0.623. The van der Waals surface area contributed by atoms with E-state index in [4.69, 9.17) is 4.74 Å². The van der Waals surface area contributed by atoms with Crippen molar-refractivity contribution in [3.63, 3.8) is 0 Å². The minimum atomic E-state index is -0.527. The predicted octanol–water partition coefficient (Wildman–Crippen LogP) is 1.99. The topological polar surface area (TPSA) is 44.7 Å². The number of ether oxygens (including phenoxy) is 1. The summed E-state index contributed by atoms with van der Waals surface area (Å²) in [5, 5.41) is 11.1. The zero-order valence-corrected chi connectivity index (χ0v) is 15.5. The summed E-state index contributed by atoms with van der Waals surface area (Å²) in [5.74, 6) is 0.257. The summed E-state index contributed by atoms with van der Waals surface area (Å²) in [4.78, 5) is 3.79. The standard InChI is InChI=1S/C10H20NO2.HI.Zn/c1-7(2)8(3)11-9(12)13-10(4,5)6;;/h7-8H,3H2,1-2,4-6H3,(H,11,12);1H;/p-1/t8-;;/m1../s1. The van der Waals surface area contributed by atoms with Gasteiger partial charge in [-0.05, 0) is 12.8 Å². The molecule has 0 spiro atoms. The molecule has 0 heterocycles. The molecular formula is C10H20INO2Zn-. The molecule has 15 heavy (non-hydrogen) atoms. The Bertz CT molecular complexity index is 190. The zero-order chi connectivity index (χ0) is 10.6. The first-order valence-electron chi connectivity index (χ1n) is 4.49. The van der Waals surface area contributed by atoms with Gasteiger partial charge in [0.25, 0.3) is 0 Å². The molecule has 0 aliphatic rings. The van der Waals surface area contributed by atoms with Crippen LogP contribution in [0.25, 0.3) is 0 Å². The van der Waals surface area contributed by atoms with Crippen molar-refractivity contribution in [2.45, 2.75) is 46.3 Å². The third-order valence-corrected chi connectivity index (χ3v) is 1.43. The molecule has 0 fully saturated rings. The van der Waals surface area contributed by atoms with Gasteiger partial charge in [0.2, 0.25) is 0 Å². The average Bonchev–Trinajstić information content (AvgIpc) is 1.81. The summed E-state index contributed by atoms with van der Waals surface area (Å²) in [6, 6.07) is -0.227. The molecule has 1 atom stereocenters.